The lowest BCUT2D eigenvalue weighted by molar-refractivity contribution is 0.0708. The van der Waals surface area contributed by atoms with Crippen LogP contribution in [0.3, 0.4) is 0 Å². The lowest BCUT2D eigenvalue weighted by Crippen LogP contribution is -2.45. The van der Waals surface area contributed by atoms with Crippen molar-refractivity contribution in [1.82, 2.24) is 19.8 Å². The van der Waals surface area contributed by atoms with E-state index >= 15 is 0 Å². The third-order valence-electron chi connectivity index (χ3n) is 6.39. The Morgan fingerprint density at radius 3 is 2.58 bits per heavy atom. The van der Waals surface area contributed by atoms with Crippen molar-refractivity contribution in [2.24, 2.45) is 11.7 Å². The van der Waals surface area contributed by atoms with Crippen LogP contribution in [-0.2, 0) is 0 Å². The van der Waals surface area contributed by atoms with Crippen LogP contribution < -0.4 is 11.1 Å². The monoisotopic (exact) mass is 358 g/mol. The van der Waals surface area contributed by atoms with Crippen LogP contribution in [0.2, 0.25) is 0 Å². The predicted octanol–water partition coefficient (Wildman–Crippen LogP) is 1.32. The molecule has 26 heavy (non-hydrogen) atoms. The van der Waals surface area contributed by atoms with E-state index in [1.54, 1.807) is 12.4 Å². The largest absolute Gasteiger partial charge is 0.354 e. The average Bonchev–Trinajstić information content (AvgIpc) is 2.87. The van der Waals surface area contributed by atoms with Crippen LogP contribution in [-0.4, -0.2) is 70.5 Å². The van der Waals surface area contributed by atoms with Gasteiger partial charge < -0.3 is 20.9 Å². The molecule has 0 aliphatic carbocycles. The lowest BCUT2D eigenvalue weighted by atomic mass is 9.91. The Hall–Kier alpha value is -1.73. The summed E-state index contributed by atoms with van der Waals surface area (Å²) in [5.74, 6) is 1.28. The number of rotatable bonds is 4. The van der Waals surface area contributed by atoms with E-state index in [1.165, 1.54) is 25.7 Å². The summed E-state index contributed by atoms with van der Waals surface area (Å²) < 4.78 is 0. The number of nitrogens with one attached hydrogen (secondary N) is 1. The number of piperidine rings is 2. The molecule has 1 aromatic heterocycles. The number of hydrogen-bond acceptors (Lipinski definition) is 6. The van der Waals surface area contributed by atoms with Crippen molar-refractivity contribution in [2.75, 3.05) is 32.0 Å². The second-order valence-electron chi connectivity index (χ2n) is 8.22. The molecule has 1 aromatic rings. The molecule has 2 unspecified atom stereocenters. The summed E-state index contributed by atoms with van der Waals surface area (Å²) in [6, 6.07) is 1.58. The van der Waals surface area contributed by atoms with Gasteiger partial charge in [-0.2, -0.15) is 0 Å². The van der Waals surface area contributed by atoms with Crippen LogP contribution >= 0.6 is 0 Å². The number of carbonyl (C=O) groups is 1. The van der Waals surface area contributed by atoms with Gasteiger partial charge in [-0.15, -0.1) is 0 Å². The number of fused-ring (bicyclic) bond motifs is 2. The maximum Gasteiger partial charge on any atom is 0.257 e. The van der Waals surface area contributed by atoms with Gasteiger partial charge in [-0.1, -0.05) is 0 Å². The van der Waals surface area contributed by atoms with Crippen molar-refractivity contribution in [3.8, 4) is 0 Å². The lowest BCUT2D eigenvalue weighted by Gasteiger charge is -2.36. The van der Waals surface area contributed by atoms with Gasteiger partial charge in [0.05, 0.1) is 5.56 Å². The molecule has 0 spiro atoms. The second kappa shape index (κ2) is 7.48. The molecular weight excluding hydrogens is 328 g/mol. The summed E-state index contributed by atoms with van der Waals surface area (Å²) in [7, 11) is 2.26. The van der Waals surface area contributed by atoms with Crippen LogP contribution in [0.5, 0.6) is 0 Å². The van der Waals surface area contributed by atoms with E-state index in [-0.39, 0.29) is 11.9 Å². The molecule has 0 saturated carbocycles. The van der Waals surface area contributed by atoms with E-state index in [0.717, 1.165) is 38.0 Å². The molecule has 7 heteroatoms. The number of likely N-dealkylation sites (tertiary alicyclic amines) is 1. The van der Waals surface area contributed by atoms with Crippen molar-refractivity contribution < 1.29 is 4.79 Å². The molecule has 1 amide bonds. The molecule has 3 saturated heterocycles. The molecule has 3 N–H and O–H groups in total. The van der Waals surface area contributed by atoms with Crippen LogP contribution in [0.15, 0.2) is 12.4 Å². The minimum Gasteiger partial charge on any atom is -0.354 e. The Labute approximate surface area is 155 Å². The first-order valence-electron chi connectivity index (χ1n) is 9.93. The third kappa shape index (κ3) is 3.69. The third-order valence-corrected chi connectivity index (χ3v) is 6.39. The van der Waals surface area contributed by atoms with Crippen molar-refractivity contribution in [1.29, 1.82) is 0 Å². The van der Waals surface area contributed by atoms with Gasteiger partial charge in [0.2, 0.25) is 5.95 Å². The van der Waals surface area contributed by atoms with Gasteiger partial charge in [-0.25, -0.2) is 9.97 Å². The standard InChI is InChI=1S/C19H30N6O/c1-24-16-4-5-17(24)8-13(7-16)9-21-19-22-10-14(11-23-19)18(26)25-6-2-3-15(20)12-25/h10-11,13,15-17H,2-9,12,20H2,1H3,(H,21,22,23)/t13?,15?,16-,17+. The summed E-state index contributed by atoms with van der Waals surface area (Å²) in [5.41, 5.74) is 6.51. The second-order valence-corrected chi connectivity index (χ2v) is 8.22. The zero-order chi connectivity index (χ0) is 18.1. The summed E-state index contributed by atoms with van der Waals surface area (Å²) in [6.07, 6.45) is 10.4. The van der Waals surface area contributed by atoms with Gasteiger partial charge >= 0.3 is 0 Å². The van der Waals surface area contributed by atoms with Crippen molar-refractivity contribution in [2.45, 2.75) is 56.7 Å². The van der Waals surface area contributed by atoms with Crippen LogP contribution in [0.4, 0.5) is 5.95 Å². The van der Waals surface area contributed by atoms with Gasteiger partial charge in [0.1, 0.15) is 0 Å². The molecular formula is C19H30N6O. The fourth-order valence-electron chi connectivity index (χ4n) is 4.83. The van der Waals surface area contributed by atoms with Crippen LogP contribution in [0.25, 0.3) is 0 Å². The molecule has 4 atom stereocenters. The first-order valence-corrected chi connectivity index (χ1v) is 9.93. The van der Waals surface area contributed by atoms with Gasteiger partial charge in [0.25, 0.3) is 5.91 Å². The summed E-state index contributed by atoms with van der Waals surface area (Å²) >= 11 is 0. The molecule has 3 aliphatic heterocycles. The fraction of sp³-hybridized carbons (Fsp3) is 0.737. The topological polar surface area (TPSA) is 87.4 Å². The van der Waals surface area contributed by atoms with Crippen molar-refractivity contribution >= 4 is 11.9 Å². The van der Waals surface area contributed by atoms with Crippen molar-refractivity contribution in [3.05, 3.63) is 18.0 Å². The number of amides is 1. The molecule has 142 valence electrons. The molecule has 3 fully saturated rings. The Bertz CT molecular complexity index is 621. The predicted molar refractivity (Wildman–Crippen MR) is 101 cm³/mol. The highest BCUT2D eigenvalue weighted by molar-refractivity contribution is 5.93. The van der Waals surface area contributed by atoms with Gasteiger partial charge in [-0.05, 0) is 51.5 Å². The van der Waals surface area contributed by atoms with E-state index in [4.69, 9.17) is 5.73 Å². The Morgan fingerprint density at radius 2 is 1.92 bits per heavy atom. The smallest absolute Gasteiger partial charge is 0.257 e. The van der Waals surface area contributed by atoms with Crippen LogP contribution in [0.1, 0.15) is 48.9 Å². The molecule has 4 rings (SSSR count). The zero-order valence-electron chi connectivity index (χ0n) is 15.6. The van der Waals surface area contributed by atoms with Crippen molar-refractivity contribution in [3.63, 3.8) is 0 Å². The van der Waals surface area contributed by atoms with E-state index in [0.29, 0.717) is 24.0 Å². The minimum atomic E-state index is -0.0152. The molecule has 2 bridgehead atoms. The highest BCUT2D eigenvalue weighted by atomic mass is 16.2. The average molecular weight is 358 g/mol. The van der Waals surface area contributed by atoms with E-state index in [2.05, 4.69) is 27.2 Å². The first-order chi connectivity index (χ1) is 12.6. The first kappa shape index (κ1) is 17.7. The summed E-state index contributed by atoms with van der Waals surface area (Å²) in [6.45, 7) is 2.30. The number of aromatic nitrogens is 2. The molecule has 4 heterocycles. The maximum absolute atomic E-state index is 12.5. The minimum absolute atomic E-state index is 0.0152. The molecule has 3 aliphatic rings. The van der Waals surface area contributed by atoms with Crippen LogP contribution in [0, 0.1) is 5.92 Å². The Morgan fingerprint density at radius 1 is 1.23 bits per heavy atom. The molecule has 0 radical (unpaired) electrons. The van der Waals surface area contributed by atoms with Gasteiger partial charge in [0.15, 0.2) is 0 Å². The van der Waals surface area contributed by atoms with Gasteiger partial charge in [-0.3, -0.25) is 4.79 Å². The van der Waals surface area contributed by atoms with E-state index < -0.39 is 0 Å². The normalized spacial score (nSPS) is 31.8. The number of anilines is 1. The quantitative estimate of drug-likeness (QED) is 0.844. The Balaban J connectivity index is 1.30. The number of hydrogen-bond donors (Lipinski definition) is 2. The summed E-state index contributed by atoms with van der Waals surface area (Å²) in [5, 5.41) is 3.37. The van der Waals surface area contributed by atoms with E-state index in [9.17, 15) is 4.79 Å². The number of carbonyl (C=O) groups excluding carboxylic acids is 1. The number of nitrogens with two attached hydrogens (primary N) is 1. The zero-order valence-corrected chi connectivity index (χ0v) is 15.6. The highest BCUT2D eigenvalue weighted by Crippen LogP contribution is 2.37. The fourth-order valence-corrected chi connectivity index (χ4v) is 4.83. The molecule has 0 aromatic carbocycles. The Kier molecular flexibility index (Phi) is 5.09. The maximum atomic E-state index is 12.5. The highest BCUT2D eigenvalue weighted by Gasteiger charge is 2.38. The molecule has 7 nitrogen and oxygen atoms in total. The SMILES string of the molecule is CN1[C@@H]2CC[C@H]1CC(CNc1ncc(C(=O)N3CCCC(N)C3)cn1)C2. The van der Waals surface area contributed by atoms with E-state index in [1.807, 2.05) is 4.90 Å². The summed E-state index contributed by atoms with van der Waals surface area (Å²) in [4.78, 5) is 25.6. The number of nitrogens with zero attached hydrogens (tertiary/aromatic N) is 4. The van der Waals surface area contributed by atoms with Gasteiger partial charge in [0, 0.05) is 50.2 Å².